The molecule has 182 valence electrons. The molecule has 3 aromatic rings. The summed E-state index contributed by atoms with van der Waals surface area (Å²) in [4.78, 5) is 20.2. The van der Waals surface area contributed by atoms with Crippen molar-refractivity contribution in [3.63, 3.8) is 0 Å². The third-order valence-electron chi connectivity index (χ3n) is 7.35. The predicted molar refractivity (Wildman–Crippen MR) is 124 cm³/mol. The van der Waals surface area contributed by atoms with Gasteiger partial charge in [-0.2, -0.15) is 10.2 Å². The van der Waals surface area contributed by atoms with Crippen molar-refractivity contribution in [2.24, 2.45) is 5.92 Å². The summed E-state index contributed by atoms with van der Waals surface area (Å²) in [5.41, 5.74) is 1.27. The summed E-state index contributed by atoms with van der Waals surface area (Å²) in [6.07, 6.45) is 7.91. The fourth-order valence-corrected chi connectivity index (χ4v) is 5.12. The lowest BCUT2D eigenvalue weighted by molar-refractivity contribution is 0.102. The second-order valence-electron chi connectivity index (χ2n) is 9.83. The van der Waals surface area contributed by atoms with Gasteiger partial charge in [0, 0.05) is 24.0 Å². The van der Waals surface area contributed by atoms with E-state index in [1.54, 1.807) is 21.6 Å². The largest absolute Gasteiger partial charge is 0.319 e. The number of halogens is 2. The fraction of sp³-hybridized carbons (Fsp3) is 0.583. The van der Waals surface area contributed by atoms with E-state index in [4.69, 9.17) is 4.98 Å². The first-order valence-electron chi connectivity index (χ1n) is 12.1. The molecule has 1 amide bonds. The number of nitrogens with zero attached hydrogens (tertiary/aromatic N) is 6. The number of carbonyl (C=O) groups excluding carboxylic acids is 1. The number of alkyl halides is 2. The number of hydrogen-bond donors (Lipinski definition) is 1. The molecule has 8 nitrogen and oxygen atoms in total. The molecule has 3 aromatic heterocycles. The zero-order valence-electron chi connectivity index (χ0n) is 19.6. The minimum absolute atomic E-state index is 0.0458. The molecule has 0 aromatic carbocycles. The third-order valence-corrected chi connectivity index (χ3v) is 7.35. The lowest BCUT2D eigenvalue weighted by Gasteiger charge is -2.28. The molecule has 2 fully saturated rings. The maximum absolute atomic E-state index is 13.7. The van der Waals surface area contributed by atoms with Crippen LogP contribution in [0.5, 0.6) is 0 Å². The second-order valence-corrected chi connectivity index (χ2v) is 9.83. The van der Waals surface area contributed by atoms with E-state index >= 15 is 0 Å². The van der Waals surface area contributed by atoms with Crippen molar-refractivity contribution in [2.75, 3.05) is 25.5 Å². The maximum Gasteiger partial charge on any atom is 0.284 e. The molecule has 0 radical (unpaired) electrons. The quantitative estimate of drug-likeness (QED) is 0.585. The van der Waals surface area contributed by atoms with Gasteiger partial charge < -0.3 is 10.2 Å². The van der Waals surface area contributed by atoms with Gasteiger partial charge in [-0.05, 0) is 70.6 Å². The Bertz CT molecular complexity index is 1160. The second kappa shape index (κ2) is 9.40. The Hall–Kier alpha value is -2.88. The summed E-state index contributed by atoms with van der Waals surface area (Å²) in [6, 6.07) is 2.02. The lowest BCUT2D eigenvalue weighted by Crippen LogP contribution is -2.29. The summed E-state index contributed by atoms with van der Waals surface area (Å²) in [5.74, 6) is 0.457. The molecule has 0 unspecified atom stereocenters. The molecule has 5 rings (SSSR count). The SMILES string of the molecule is CC1CCC(n2cc(NC(=O)c3cnn4ccc(C5CCN(C)CC5)nc34)c(C(F)F)n2)CC1. The first kappa shape index (κ1) is 22.9. The third kappa shape index (κ3) is 4.55. The van der Waals surface area contributed by atoms with E-state index in [0.29, 0.717) is 17.5 Å². The topological polar surface area (TPSA) is 80.4 Å². The van der Waals surface area contributed by atoms with Crippen molar-refractivity contribution in [3.8, 4) is 0 Å². The van der Waals surface area contributed by atoms with Crippen LogP contribution in [0.4, 0.5) is 14.5 Å². The van der Waals surface area contributed by atoms with Gasteiger partial charge in [-0.15, -0.1) is 0 Å². The monoisotopic (exact) mass is 471 g/mol. The molecule has 1 N–H and O–H groups in total. The van der Waals surface area contributed by atoms with Gasteiger partial charge in [0.05, 0.1) is 17.9 Å². The van der Waals surface area contributed by atoms with Crippen molar-refractivity contribution in [2.45, 2.75) is 63.8 Å². The van der Waals surface area contributed by atoms with Crippen LogP contribution in [0.3, 0.4) is 0 Å². The van der Waals surface area contributed by atoms with Crippen LogP contribution in [0.1, 0.15) is 85.6 Å². The highest BCUT2D eigenvalue weighted by Crippen LogP contribution is 2.34. The van der Waals surface area contributed by atoms with Gasteiger partial charge in [-0.25, -0.2) is 18.3 Å². The molecule has 4 heterocycles. The molecule has 1 saturated carbocycles. The predicted octanol–water partition coefficient (Wildman–Crippen LogP) is 4.68. The molecule has 0 atom stereocenters. The van der Waals surface area contributed by atoms with Crippen LogP contribution < -0.4 is 5.32 Å². The molecular weight excluding hydrogens is 440 g/mol. The summed E-state index contributed by atoms with van der Waals surface area (Å²) < 4.78 is 30.6. The Balaban J connectivity index is 1.38. The number of hydrogen-bond acceptors (Lipinski definition) is 5. The van der Waals surface area contributed by atoms with Gasteiger partial charge in [-0.1, -0.05) is 6.92 Å². The first-order chi connectivity index (χ1) is 16.4. The van der Waals surface area contributed by atoms with E-state index < -0.39 is 18.0 Å². The first-order valence-corrected chi connectivity index (χ1v) is 12.1. The zero-order valence-corrected chi connectivity index (χ0v) is 19.6. The van der Waals surface area contributed by atoms with Crippen molar-refractivity contribution in [3.05, 3.63) is 41.6 Å². The molecular formula is C24H31F2N7O. The highest BCUT2D eigenvalue weighted by atomic mass is 19.3. The Morgan fingerprint density at radius 1 is 1.15 bits per heavy atom. The number of likely N-dealkylation sites (tertiary alicyclic amines) is 1. The summed E-state index contributed by atoms with van der Waals surface area (Å²) in [5, 5.41) is 11.0. The van der Waals surface area contributed by atoms with Crippen molar-refractivity contribution < 1.29 is 13.6 Å². The number of amides is 1. The summed E-state index contributed by atoms with van der Waals surface area (Å²) >= 11 is 0. The Morgan fingerprint density at radius 3 is 2.59 bits per heavy atom. The highest BCUT2D eigenvalue weighted by molar-refractivity contribution is 6.08. The minimum Gasteiger partial charge on any atom is -0.319 e. The molecule has 1 aliphatic carbocycles. The highest BCUT2D eigenvalue weighted by Gasteiger charge is 2.27. The Kier molecular flexibility index (Phi) is 6.33. The van der Waals surface area contributed by atoms with E-state index in [-0.39, 0.29) is 17.3 Å². The van der Waals surface area contributed by atoms with E-state index in [9.17, 15) is 13.6 Å². The molecule has 34 heavy (non-hydrogen) atoms. The van der Waals surface area contributed by atoms with E-state index in [0.717, 1.165) is 57.3 Å². The zero-order chi connectivity index (χ0) is 23.8. The van der Waals surface area contributed by atoms with Crippen LogP contribution in [-0.2, 0) is 0 Å². The molecule has 1 saturated heterocycles. The van der Waals surface area contributed by atoms with E-state index in [1.807, 2.05) is 6.07 Å². The van der Waals surface area contributed by atoms with Crippen molar-refractivity contribution >= 4 is 17.2 Å². The number of piperidine rings is 1. The normalized spacial score (nSPS) is 22.5. The maximum atomic E-state index is 13.7. The molecule has 2 aliphatic rings. The standard InChI is InChI=1S/C24H31F2N7O/c1-15-3-5-17(6-4-15)33-14-20(21(30-33)22(25)26)29-24(34)18-13-27-32-12-9-19(28-23(18)32)16-7-10-31(2)11-8-16/h9,12-17,22H,3-8,10-11H2,1-2H3,(H,29,34). The molecule has 0 bridgehead atoms. The average molecular weight is 472 g/mol. The van der Waals surface area contributed by atoms with Crippen LogP contribution >= 0.6 is 0 Å². The molecule has 1 aliphatic heterocycles. The molecule has 0 spiro atoms. The van der Waals surface area contributed by atoms with Crippen LogP contribution in [0.25, 0.3) is 5.65 Å². The van der Waals surface area contributed by atoms with Gasteiger partial charge in [0.25, 0.3) is 12.3 Å². The smallest absolute Gasteiger partial charge is 0.284 e. The number of rotatable bonds is 5. The van der Waals surface area contributed by atoms with Crippen molar-refractivity contribution in [1.29, 1.82) is 0 Å². The van der Waals surface area contributed by atoms with E-state index in [2.05, 4.69) is 34.4 Å². The van der Waals surface area contributed by atoms with Gasteiger partial charge >= 0.3 is 0 Å². The number of anilines is 1. The number of nitrogens with one attached hydrogen (secondary N) is 1. The fourth-order valence-electron chi connectivity index (χ4n) is 5.12. The Labute approximate surface area is 197 Å². The van der Waals surface area contributed by atoms with Crippen LogP contribution in [0.2, 0.25) is 0 Å². The van der Waals surface area contributed by atoms with Gasteiger partial charge in [0.2, 0.25) is 0 Å². The number of aromatic nitrogens is 5. The Morgan fingerprint density at radius 2 is 1.88 bits per heavy atom. The summed E-state index contributed by atoms with van der Waals surface area (Å²) in [6.45, 7) is 4.22. The van der Waals surface area contributed by atoms with Crippen LogP contribution in [0, 0.1) is 5.92 Å². The average Bonchev–Trinajstić information content (AvgIpc) is 3.44. The summed E-state index contributed by atoms with van der Waals surface area (Å²) in [7, 11) is 2.11. The minimum atomic E-state index is -2.78. The number of carbonyl (C=O) groups is 1. The van der Waals surface area contributed by atoms with E-state index in [1.165, 1.54) is 6.20 Å². The van der Waals surface area contributed by atoms with Crippen LogP contribution in [-0.4, -0.2) is 55.3 Å². The van der Waals surface area contributed by atoms with Gasteiger partial charge in [-0.3, -0.25) is 9.48 Å². The van der Waals surface area contributed by atoms with Gasteiger partial charge in [0.1, 0.15) is 5.56 Å². The lowest BCUT2D eigenvalue weighted by atomic mass is 9.87. The molecule has 10 heteroatoms. The van der Waals surface area contributed by atoms with Gasteiger partial charge in [0.15, 0.2) is 11.3 Å². The van der Waals surface area contributed by atoms with Crippen molar-refractivity contribution in [1.82, 2.24) is 29.3 Å². The van der Waals surface area contributed by atoms with Crippen LogP contribution in [0.15, 0.2) is 24.7 Å². The number of fused-ring (bicyclic) bond motifs is 1.